The molecule has 2 atom stereocenters. The molecule has 2 fully saturated rings. The van der Waals surface area contributed by atoms with Crippen molar-refractivity contribution in [1.29, 1.82) is 0 Å². The third-order valence-corrected chi connectivity index (χ3v) is 4.94. The summed E-state index contributed by atoms with van der Waals surface area (Å²) in [7, 11) is 0. The second-order valence-corrected chi connectivity index (χ2v) is 6.56. The zero-order valence-corrected chi connectivity index (χ0v) is 13.5. The zero-order chi connectivity index (χ0) is 18.2. The molecule has 2 aliphatic heterocycles. The van der Waals surface area contributed by atoms with Crippen LogP contribution in [0.5, 0.6) is 0 Å². The van der Waals surface area contributed by atoms with Crippen molar-refractivity contribution in [3.05, 3.63) is 23.5 Å². The summed E-state index contributed by atoms with van der Waals surface area (Å²) >= 11 is 0. The first-order valence-electron chi connectivity index (χ1n) is 8.26. The van der Waals surface area contributed by atoms with Gasteiger partial charge in [0.15, 0.2) is 0 Å². The number of H-pyrrole nitrogens is 1. The van der Waals surface area contributed by atoms with Gasteiger partial charge in [-0.25, -0.2) is 0 Å². The number of halogens is 3. The van der Waals surface area contributed by atoms with Crippen LogP contribution in [-0.4, -0.2) is 47.0 Å². The van der Waals surface area contributed by atoms with Gasteiger partial charge in [-0.15, -0.1) is 0 Å². The molecule has 25 heavy (non-hydrogen) atoms. The largest absolute Gasteiger partial charge is 0.431 e. The molecular weight excluding hydrogens is 339 g/mol. The van der Waals surface area contributed by atoms with Gasteiger partial charge < -0.3 is 20.4 Å². The Morgan fingerprint density at radius 3 is 2.36 bits per heavy atom. The van der Waals surface area contributed by atoms with Crippen LogP contribution in [0, 0.1) is 5.92 Å². The molecule has 3 N–H and O–H groups in total. The van der Waals surface area contributed by atoms with Crippen molar-refractivity contribution in [2.24, 2.45) is 11.7 Å². The maximum Gasteiger partial charge on any atom is 0.431 e. The summed E-state index contributed by atoms with van der Waals surface area (Å²) in [5, 5.41) is 0. The SMILES string of the molecule is NC(=O)[C@H]1CC[C@@H](C2CCN(C(=O)c3ccc(C(F)(F)F)[nH]3)CC2)O1. The predicted octanol–water partition coefficient (Wildman–Crippen LogP) is 1.92. The molecule has 0 unspecified atom stereocenters. The predicted molar refractivity (Wildman–Crippen MR) is 81.5 cm³/mol. The number of primary amides is 1. The van der Waals surface area contributed by atoms with Crippen LogP contribution in [0.2, 0.25) is 0 Å². The second kappa shape index (κ2) is 6.70. The zero-order valence-electron chi connectivity index (χ0n) is 13.5. The van der Waals surface area contributed by atoms with Crippen LogP contribution in [0.25, 0.3) is 0 Å². The number of nitrogens with two attached hydrogens (primary N) is 1. The number of nitrogens with zero attached hydrogens (tertiary/aromatic N) is 1. The van der Waals surface area contributed by atoms with Gasteiger partial charge in [-0.3, -0.25) is 9.59 Å². The van der Waals surface area contributed by atoms with Crippen LogP contribution in [0.15, 0.2) is 12.1 Å². The lowest BCUT2D eigenvalue weighted by Crippen LogP contribution is -2.41. The van der Waals surface area contributed by atoms with Crippen LogP contribution in [-0.2, 0) is 15.7 Å². The number of likely N-dealkylation sites (tertiary alicyclic amines) is 1. The average molecular weight is 359 g/mol. The van der Waals surface area contributed by atoms with Crippen molar-refractivity contribution in [3.63, 3.8) is 0 Å². The van der Waals surface area contributed by atoms with Crippen molar-refractivity contribution in [2.75, 3.05) is 13.1 Å². The maximum atomic E-state index is 12.6. The first-order chi connectivity index (χ1) is 11.8. The third kappa shape index (κ3) is 3.81. The number of ether oxygens (including phenoxy) is 1. The van der Waals surface area contributed by atoms with E-state index in [1.54, 1.807) is 4.90 Å². The van der Waals surface area contributed by atoms with Crippen molar-refractivity contribution in [3.8, 4) is 0 Å². The first kappa shape index (κ1) is 17.8. The van der Waals surface area contributed by atoms with Gasteiger partial charge in [-0.2, -0.15) is 13.2 Å². The Balaban J connectivity index is 1.55. The molecule has 3 heterocycles. The van der Waals surface area contributed by atoms with E-state index in [0.29, 0.717) is 32.4 Å². The lowest BCUT2D eigenvalue weighted by molar-refractivity contribution is -0.140. The van der Waals surface area contributed by atoms with E-state index >= 15 is 0 Å². The molecule has 2 aliphatic rings. The monoisotopic (exact) mass is 359 g/mol. The van der Waals surface area contributed by atoms with E-state index in [0.717, 1.165) is 18.6 Å². The number of aromatic nitrogens is 1. The van der Waals surface area contributed by atoms with Crippen LogP contribution in [0.3, 0.4) is 0 Å². The van der Waals surface area contributed by atoms with Gasteiger partial charge in [-0.05, 0) is 43.7 Å². The number of carbonyl (C=O) groups is 2. The van der Waals surface area contributed by atoms with Gasteiger partial charge in [0.05, 0.1) is 6.10 Å². The molecular formula is C16H20F3N3O3. The lowest BCUT2D eigenvalue weighted by atomic mass is 9.89. The number of aromatic amines is 1. The molecule has 2 amide bonds. The molecule has 138 valence electrons. The molecule has 0 spiro atoms. The molecule has 2 saturated heterocycles. The standard InChI is InChI=1S/C16H20F3N3O3/c17-16(18,19)13-4-1-10(21-13)15(24)22-7-5-9(6-8-22)11-2-3-12(25-11)14(20)23/h1,4,9,11-12,21H,2-3,5-8H2,(H2,20,23)/t11-,12+/m0/s1. The summed E-state index contributed by atoms with van der Waals surface area (Å²) in [6, 6.07) is 2.03. The van der Waals surface area contributed by atoms with Gasteiger partial charge in [0.2, 0.25) is 5.91 Å². The highest BCUT2D eigenvalue weighted by Gasteiger charge is 2.37. The summed E-state index contributed by atoms with van der Waals surface area (Å²) in [6.07, 6.45) is -2.33. The van der Waals surface area contributed by atoms with Gasteiger partial charge >= 0.3 is 6.18 Å². The van der Waals surface area contributed by atoms with Gasteiger partial charge in [0, 0.05) is 13.1 Å². The molecule has 0 radical (unpaired) electrons. The molecule has 0 aliphatic carbocycles. The molecule has 3 rings (SSSR count). The topological polar surface area (TPSA) is 88.4 Å². The van der Waals surface area contributed by atoms with Gasteiger partial charge in [0.1, 0.15) is 17.5 Å². The van der Waals surface area contributed by atoms with Crippen molar-refractivity contribution in [1.82, 2.24) is 9.88 Å². The van der Waals surface area contributed by atoms with E-state index in [-0.39, 0.29) is 17.7 Å². The number of nitrogens with one attached hydrogen (secondary N) is 1. The minimum atomic E-state index is -4.50. The van der Waals surface area contributed by atoms with E-state index in [2.05, 4.69) is 4.98 Å². The Hall–Kier alpha value is -2.03. The van der Waals surface area contributed by atoms with Crippen molar-refractivity contribution >= 4 is 11.8 Å². The number of hydrogen-bond donors (Lipinski definition) is 2. The quantitative estimate of drug-likeness (QED) is 0.864. The number of carbonyl (C=O) groups excluding carboxylic acids is 2. The third-order valence-electron chi connectivity index (χ3n) is 4.94. The van der Waals surface area contributed by atoms with Crippen LogP contribution < -0.4 is 5.73 Å². The minimum absolute atomic E-state index is 0.0444. The molecule has 0 aromatic carbocycles. The minimum Gasteiger partial charge on any atom is -0.367 e. The molecule has 0 bridgehead atoms. The van der Waals surface area contributed by atoms with Gasteiger partial charge in [0.25, 0.3) is 5.91 Å². The highest BCUT2D eigenvalue weighted by molar-refractivity contribution is 5.92. The Morgan fingerprint density at radius 1 is 1.16 bits per heavy atom. The Bertz CT molecular complexity index is 651. The molecule has 6 nitrogen and oxygen atoms in total. The van der Waals surface area contributed by atoms with Crippen LogP contribution in [0.1, 0.15) is 41.9 Å². The Labute approximate surface area is 142 Å². The van der Waals surface area contributed by atoms with E-state index in [9.17, 15) is 22.8 Å². The first-order valence-corrected chi connectivity index (χ1v) is 8.26. The summed E-state index contributed by atoms with van der Waals surface area (Å²) in [5.41, 5.74) is 4.26. The Morgan fingerprint density at radius 2 is 1.84 bits per heavy atom. The fraction of sp³-hybridized carbons (Fsp3) is 0.625. The highest BCUT2D eigenvalue weighted by Crippen LogP contribution is 2.32. The number of amides is 2. The summed E-state index contributed by atoms with van der Waals surface area (Å²) < 4.78 is 43.5. The van der Waals surface area contributed by atoms with Crippen molar-refractivity contribution < 1.29 is 27.5 Å². The highest BCUT2D eigenvalue weighted by atomic mass is 19.4. The van der Waals surface area contributed by atoms with E-state index in [1.165, 1.54) is 0 Å². The van der Waals surface area contributed by atoms with Crippen LogP contribution >= 0.6 is 0 Å². The number of rotatable bonds is 3. The second-order valence-electron chi connectivity index (χ2n) is 6.56. The molecule has 1 aromatic heterocycles. The number of alkyl halides is 3. The number of hydrogen-bond acceptors (Lipinski definition) is 3. The van der Waals surface area contributed by atoms with Crippen molar-refractivity contribution in [2.45, 2.75) is 44.1 Å². The fourth-order valence-electron chi connectivity index (χ4n) is 3.55. The van der Waals surface area contributed by atoms with E-state index in [1.807, 2.05) is 0 Å². The van der Waals surface area contributed by atoms with Gasteiger partial charge in [-0.1, -0.05) is 0 Å². The van der Waals surface area contributed by atoms with E-state index in [4.69, 9.17) is 10.5 Å². The fourth-order valence-corrected chi connectivity index (χ4v) is 3.55. The lowest BCUT2D eigenvalue weighted by Gasteiger charge is -2.34. The smallest absolute Gasteiger partial charge is 0.367 e. The molecule has 9 heteroatoms. The summed E-state index contributed by atoms with van der Waals surface area (Å²) in [5.74, 6) is -0.665. The van der Waals surface area contributed by atoms with E-state index < -0.39 is 29.8 Å². The number of piperidine rings is 1. The molecule has 0 saturated carbocycles. The average Bonchev–Trinajstić information content (AvgIpc) is 3.23. The summed E-state index contributed by atoms with van der Waals surface area (Å²) in [6.45, 7) is 0.899. The molecule has 1 aromatic rings. The summed E-state index contributed by atoms with van der Waals surface area (Å²) in [4.78, 5) is 27.2. The van der Waals surface area contributed by atoms with Crippen LogP contribution in [0.4, 0.5) is 13.2 Å². The normalized spacial score (nSPS) is 25.3. The maximum absolute atomic E-state index is 12.6. The Kier molecular flexibility index (Phi) is 4.77.